The highest BCUT2D eigenvalue weighted by Gasteiger charge is 2.25. The van der Waals surface area contributed by atoms with E-state index in [0.29, 0.717) is 19.0 Å². The third kappa shape index (κ3) is 2.13. The molecule has 0 spiro atoms. The Bertz CT molecular complexity index is 384. The molecular weight excluding hydrogens is 206 g/mol. The molecular formula is C12H17NO3. The Kier molecular flexibility index (Phi) is 2.78. The first-order chi connectivity index (χ1) is 7.48. The van der Waals surface area contributed by atoms with Crippen molar-refractivity contribution < 1.29 is 14.6 Å². The van der Waals surface area contributed by atoms with Crippen LogP contribution in [0.15, 0.2) is 18.2 Å². The Labute approximate surface area is 95.0 Å². The summed E-state index contributed by atoms with van der Waals surface area (Å²) in [5.41, 5.74) is 5.94. The molecule has 4 nitrogen and oxygen atoms in total. The summed E-state index contributed by atoms with van der Waals surface area (Å²) in [6.07, 6.45) is -0.719. The number of hydrogen-bond acceptors (Lipinski definition) is 4. The van der Waals surface area contributed by atoms with E-state index in [2.05, 4.69) is 0 Å². The second kappa shape index (κ2) is 3.96. The zero-order valence-electron chi connectivity index (χ0n) is 9.56. The quantitative estimate of drug-likeness (QED) is 0.791. The summed E-state index contributed by atoms with van der Waals surface area (Å²) < 4.78 is 10.9. The van der Waals surface area contributed by atoms with Crippen molar-refractivity contribution in [1.82, 2.24) is 0 Å². The van der Waals surface area contributed by atoms with Gasteiger partial charge in [0.1, 0.15) is 13.2 Å². The molecule has 0 bridgehead atoms. The molecule has 0 amide bonds. The van der Waals surface area contributed by atoms with Gasteiger partial charge in [-0.15, -0.1) is 0 Å². The number of nitrogens with two attached hydrogens (primary N) is 1. The minimum Gasteiger partial charge on any atom is -0.486 e. The van der Waals surface area contributed by atoms with Crippen molar-refractivity contribution >= 4 is 0 Å². The third-order valence-electron chi connectivity index (χ3n) is 2.59. The molecule has 0 saturated carbocycles. The van der Waals surface area contributed by atoms with E-state index in [0.717, 1.165) is 11.3 Å². The highest BCUT2D eigenvalue weighted by molar-refractivity contribution is 5.44. The van der Waals surface area contributed by atoms with E-state index in [-0.39, 0.29) is 0 Å². The van der Waals surface area contributed by atoms with E-state index in [4.69, 9.17) is 15.2 Å². The van der Waals surface area contributed by atoms with Crippen LogP contribution in [0.1, 0.15) is 25.5 Å². The molecule has 2 rings (SSSR count). The molecule has 3 N–H and O–H groups in total. The Morgan fingerprint density at radius 2 is 1.88 bits per heavy atom. The Hall–Kier alpha value is -1.26. The maximum absolute atomic E-state index is 10.0. The van der Waals surface area contributed by atoms with Gasteiger partial charge >= 0.3 is 0 Å². The largest absolute Gasteiger partial charge is 0.486 e. The van der Waals surface area contributed by atoms with Crippen LogP contribution in [0.2, 0.25) is 0 Å². The Balaban J connectivity index is 2.30. The van der Waals surface area contributed by atoms with E-state index in [1.54, 1.807) is 26.0 Å². The van der Waals surface area contributed by atoms with Gasteiger partial charge in [0, 0.05) is 5.54 Å². The predicted octanol–water partition coefficient (Wildman–Crippen LogP) is 1.23. The molecule has 0 radical (unpaired) electrons. The second-order valence-electron chi connectivity index (χ2n) is 4.63. The van der Waals surface area contributed by atoms with Gasteiger partial charge in [0.2, 0.25) is 0 Å². The van der Waals surface area contributed by atoms with Crippen molar-refractivity contribution in [2.75, 3.05) is 13.2 Å². The van der Waals surface area contributed by atoms with Crippen molar-refractivity contribution in [2.24, 2.45) is 5.73 Å². The van der Waals surface area contributed by atoms with Crippen molar-refractivity contribution in [2.45, 2.75) is 25.5 Å². The molecule has 0 aromatic heterocycles. The van der Waals surface area contributed by atoms with Crippen LogP contribution >= 0.6 is 0 Å². The van der Waals surface area contributed by atoms with E-state index in [1.165, 1.54) is 0 Å². The molecule has 16 heavy (non-hydrogen) atoms. The molecule has 1 aliphatic heterocycles. The lowest BCUT2D eigenvalue weighted by atomic mass is 9.92. The summed E-state index contributed by atoms with van der Waals surface area (Å²) >= 11 is 0. The zero-order chi connectivity index (χ0) is 11.8. The zero-order valence-corrected chi connectivity index (χ0v) is 9.56. The molecule has 4 heteroatoms. The molecule has 1 unspecified atom stereocenters. The molecule has 0 fully saturated rings. The molecule has 1 aromatic carbocycles. The van der Waals surface area contributed by atoms with Crippen LogP contribution in [0, 0.1) is 0 Å². The van der Waals surface area contributed by atoms with Gasteiger partial charge < -0.3 is 20.3 Å². The number of rotatable bonds is 2. The summed E-state index contributed by atoms with van der Waals surface area (Å²) in [6, 6.07) is 5.40. The van der Waals surface area contributed by atoms with Gasteiger partial charge in [-0.3, -0.25) is 0 Å². The van der Waals surface area contributed by atoms with Gasteiger partial charge in [-0.25, -0.2) is 0 Å². The lowest BCUT2D eigenvalue weighted by Gasteiger charge is -2.27. The fourth-order valence-electron chi connectivity index (χ4n) is 1.66. The maximum atomic E-state index is 10.0. The van der Waals surface area contributed by atoms with Crippen molar-refractivity contribution in [3.8, 4) is 11.5 Å². The number of aliphatic hydroxyl groups is 1. The topological polar surface area (TPSA) is 64.7 Å². The average Bonchev–Trinajstić information content (AvgIpc) is 2.26. The van der Waals surface area contributed by atoms with Crippen LogP contribution in [0.5, 0.6) is 11.5 Å². The van der Waals surface area contributed by atoms with Crippen molar-refractivity contribution in [1.29, 1.82) is 0 Å². The fraction of sp³-hybridized carbons (Fsp3) is 0.500. The number of ether oxygens (including phenoxy) is 2. The van der Waals surface area contributed by atoms with Crippen LogP contribution in [-0.4, -0.2) is 23.9 Å². The number of fused-ring (bicyclic) bond motifs is 1. The highest BCUT2D eigenvalue weighted by atomic mass is 16.6. The SMILES string of the molecule is CC(C)(N)C(O)c1ccc2c(c1)OCCO2. The minimum absolute atomic E-state index is 0.540. The molecule has 1 aromatic rings. The van der Waals surface area contributed by atoms with Crippen LogP contribution < -0.4 is 15.2 Å². The van der Waals surface area contributed by atoms with Crippen LogP contribution in [-0.2, 0) is 0 Å². The second-order valence-corrected chi connectivity index (χ2v) is 4.63. The molecule has 1 atom stereocenters. The van der Waals surface area contributed by atoms with E-state index < -0.39 is 11.6 Å². The van der Waals surface area contributed by atoms with Gasteiger partial charge in [-0.05, 0) is 31.5 Å². The Morgan fingerprint density at radius 1 is 1.25 bits per heavy atom. The third-order valence-corrected chi connectivity index (χ3v) is 2.59. The summed E-state index contributed by atoms with van der Waals surface area (Å²) in [7, 11) is 0. The van der Waals surface area contributed by atoms with Gasteiger partial charge in [-0.1, -0.05) is 6.07 Å². The van der Waals surface area contributed by atoms with Crippen LogP contribution in [0.25, 0.3) is 0 Å². The van der Waals surface area contributed by atoms with Gasteiger partial charge in [-0.2, -0.15) is 0 Å². The molecule has 1 aliphatic rings. The highest BCUT2D eigenvalue weighted by Crippen LogP contribution is 2.34. The number of aliphatic hydroxyl groups excluding tert-OH is 1. The molecule has 88 valence electrons. The Morgan fingerprint density at radius 3 is 2.50 bits per heavy atom. The first-order valence-electron chi connectivity index (χ1n) is 5.35. The van der Waals surface area contributed by atoms with E-state index in [1.807, 2.05) is 6.07 Å². The lowest BCUT2D eigenvalue weighted by Crippen LogP contribution is -2.39. The first-order valence-corrected chi connectivity index (χ1v) is 5.35. The van der Waals surface area contributed by atoms with Crippen LogP contribution in [0.3, 0.4) is 0 Å². The monoisotopic (exact) mass is 223 g/mol. The van der Waals surface area contributed by atoms with Gasteiger partial charge in [0.05, 0.1) is 6.10 Å². The normalized spacial score (nSPS) is 17.0. The lowest BCUT2D eigenvalue weighted by molar-refractivity contribution is 0.103. The van der Waals surface area contributed by atoms with Crippen molar-refractivity contribution in [3.05, 3.63) is 23.8 Å². The summed E-state index contributed by atoms with van der Waals surface area (Å²) in [6.45, 7) is 4.68. The predicted molar refractivity (Wildman–Crippen MR) is 60.7 cm³/mol. The summed E-state index contributed by atoms with van der Waals surface area (Å²) in [5, 5.41) is 10.0. The van der Waals surface area contributed by atoms with E-state index >= 15 is 0 Å². The van der Waals surface area contributed by atoms with Crippen molar-refractivity contribution in [3.63, 3.8) is 0 Å². The first kappa shape index (κ1) is 11.2. The van der Waals surface area contributed by atoms with Crippen LogP contribution in [0.4, 0.5) is 0 Å². The maximum Gasteiger partial charge on any atom is 0.161 e. The van der Waals surface area contributed by atoms with Gasteiger partial charge in [0.15, 0.2) is 11.5 Å². The van der Waals surface area contributed by atoms with E-state index in [9.17, 15) is 5.11 Å². The smallest absolute Gasteiger partial charge is 0.161 e. The average molecular weight is 223 g/mol. The summed E-state index contributed by atoms with van der Waals surface area (Å²) in [5.74, 6) is 1.39. The molecule has 1 heterocycles. The van der Waals surface area contributed by atoms with Gasteiger partial charge in [0.25, 0.3) is 0 Å². The molecule has 0 aliphatic carbocycles. The summed E-state index contributed by atoms with van der Waals surface area (Å²) in [4.78, 5) is 0. The number of hydrogen-bond donors (Lipinski definition) is 2. The fourth-order valence-corrected chi connectivity index (χ4v) is 1.66. The number of benzene rings is 1. The standard InChI is InChI=1S/C12H17NO3/c1-12(2,13)11(14)8-3-4-9-10(7-8)16-6-5-15-9/h3-4,7,11,14H,5-6,13H2,1-2H3. The molecule has 0 saturated heterocycles. The minimum atomic E-state index is -0.719.